The Morgan fingerprint density at radius 3 is 2.62 bits per heavy atom. The van der Waals surface area contributed by atoms with E-state index in [4.69, 9.17) is 4.99 Å². The molecule has 146 valence electrons. The van der Waals surface area contributed by atoms with Gasteiger partial charge in [0.05, 0.1) is 0 Å². The molecular formula is C20H33IN4O. The van der Waals surface area contributed by atoms with E-state index in [-0.39, 0.29) is 29.9 Å². The predicted octanol–water partition coefficient (Wildman–Crippen LogP) is 3.44. The monoisotopic (exact) mass is 472 g/mol. The second-order valence-corrected chi connectivity index (χ2v) is 6.89. The van der Waals surface area contributed by atoms with Crippen molar-refractivity contribution in [2.75, 3.05) is 27.2 Å². The molecule has 0 spiro atoms. The molecule has 1 aliphatic rings. The maximum atomic E-state index is 12.1. The highest BCUT2D eigenvalue weighted by atomic mass is 127. The average Bonchev–Trinajstić information content (AvgIpc) is 2.62. The zero-order valence-electron chi connectivity index (χ0n) is 16.3. The molecule has 1 amide bonds. The molecule has 2 rings (SSSR count). The molecule has 5 nitrogen and oxygen atoms in total. The molecular weight excluding hydrogens is 439 g/mol. The van der Waals surface area contributed by atoms with Crippen LogP contribution in [0.4, 0.5) is 0 Å². The Bertz CT molecular complexity index is 583. The first-order valence-electron chi connectivity index (χ1n) is 9.45. The number of carbonyl (C=O) groups excluding carboxylic acids is 1. The third-order valence-corrected chi connectivity index (χ3v) is 4.54. The summed E-state index contributed by atoms with van der Waals surface area (Å²) in [6.07, 6.45) is 7.27. The Balaban J connectivity index is 0.00000338. The van der Waals surface area contributed by atoms with Crippen molar-refractivity contribution in [1.29, 1.82) is 0 Å². The largest absolute Gasteiger partial charge is 0.357 e. The number of amides is 1. The minimum atomic E-state index is 0. The number of aliphatic imine (C=N–C) groups is 1. The van der Waals surface area contributed by atoms with E-state index in [1.807, 2.05) is 18.2 Å². The van der Waals surface area contributed by atoms with Gasteiger partial charge in [-0.05, 0) is 43.9 Å². The van der Waals surface area contributed by atoms with Crippen molar-refractivity contribution in [3.05, 3.63) is 35.4 Å². The van der Waals surface area contributed by atoms with Crippen LogP contribution in [0.15, 0.2) is 29.3 Å². The highest BCUT2D eigenvalue weighted by molar-refractivity contribution is 14.0. The SMILES string of the molecule is CCNC(=NCCc1cccc(C(=O)N(C)C)c1)NC1CCCCC1.I. The van der Waals surface area contributed by atoms with Gasteiger partial charge in [0, 0.05) is 38.8 Å². The fourth-order valence-electron chi connectivity index (χ4n) is 3.18. The highest BCUT2D eigenvalue weighted by Crippen LogP contribution is 2.17. The fourth-order valence-corrected chi connectivity index (χ4v) is 3.18. The van der Waals surface area contributed by atoms with Crippen LogP contribution in [0, 0.1) is 0 Å². The molecule has 1 fully saturated rings. The van der Waals surface area contributed by atoms with Gasteiger partial charge >= 0.3 is 0 Å². The highest BCUT2D eigenvalue weighted by Gasteiger charge is 2.14. The molecule has 1 aromatic carbocycles. The van der Waals surface area contributed by atoms with Crippen LogP contribution in [-0.2, 0) is 6.42 Å². The van der Waals surface area contributed by atoms with Gasteiger partial charge in [0.1, 0.15) is 0 Å². The summed E-state index contributed by atoms with van der Waals surface area (Å²) in [4.78, 5) is 18.4. The zero-order chi connectivity index (χ0) is 18.1. The molecule has 0 aliphatic heterocycles. The van der Waals surface area contributed by atoms with Gasteiger partial charge in [-0.3, -0.25) is 9.79 Å². The molecule has 0 radical (unpaired) electrons. The molecule has 0 saturated heterocycles. The van der Waals surface area contributed by atoms with E-state index in [0.29, 0.717) is 12.6 Å². The third-order valence-electron chi connectivity index (χ3n) is 4.54. The first kappa shape index (κ1) is 22.7. The maximum Gasteiger partial charge on any atom is 0.253 e. The van der Waals surface area contributed by atoms with Gasteiger partial charge in [0.2, 0.25) is 0 Å². The zero-order valence-corrected chi connectivity index (χ0v) is 18.6. The van der Waals surface area contributed by atoms with Gasteiger partial charge in [-0.2, -0.15) is 0 Å². The lowest BCUT2D eigenvalue weighted by atomic mass is 9.96. The standard InChI is InChI=1S/C20H32N4O.HI/c1-4-21-20(23-18-11-6-5-7-12-18)22-14-13-16-9-8-10-17(15-16)19(25)24(2)3;/h8-10,15,18H,4-7,11-14H2,1-3H3,(H2,21,22,23);1H. The summed E-state index contributed by atoms with van der Waals surface area (Å²) in [7, 11) is 3.55. The van der Waals surface area contributed by atoms with Crippen LogP contribution in [0.1, 0.15) is 54.9 Å². The Morgan fingerprint density at radius 2 is 1.96 bits per heavy atom. The normalized spacial score (nSPS) is 15.1. The van der Waals surface area contributed by atoms with Crippen LogP contribution in [0.2, 0.25) is 0 Å². The van der Waals surface area contributed by atoms with Gasteiger partial charge < -0.3 is 15.5 Å². The maximum absolute atomic E-state index is 12.1. The summed E-state index contributed by atoms with van der Waals surface area (Å²) >= 11 is 0. The average molecular weight is 472 g/mol. The van der Waals surface area contributed by atoms with E-state index in [2.05, 4.69) is 23.6 Å². The smallest absolute Gasteiger partial charge is 0.253 e. The number of carbonyl (C=O) groups is 1. The van der Waals surface area contributed by atoms with Crippen LogP contribution in [0.5, 0.6) is 0 Å². The molecule has 0 bridgehead atoms. The number of halogens is 1. The number of benzene rings is 1. The first-order chi connectivity index (χ1) is 12.1. The van der Waals surface area contributed by atoms with Gasteiger partial charge in [-0.1, -0.05) is 31.4 Å². The van der Waals surface area contributed by atoms with Crippen LogP contribution in [0.25, 0.3) is 0 Å². The van der Waals surface area contributed by atoms with Crippen molar-refractivity contribution >= 4 is 35.8 Å². The number of nitrogens with zero attached hydrogens (tertiary/aromatic N) is 2. The number of nitrogens with one attached hydrogen (secondary N) is 2. The fraction of sp³-hybridized carbons (Fsp3) is 0.600. The summed E-state index contributed by atoms with van der Waals surface area (Å²) in [6.45, 7) is 3.67. The van der Waals surface area contributed by atoms with Crippen molar-refractivity contribution in [3.63, 3.8) is 0 Å². The van der Waals surface area contributed by atoms with Crippen LogP contribution >= 0.6 is 24.0 Å². The van der Waals surface area contributed by atoms with E-state index in [9.17, 15) is 4.79 Å². The van der Waals surface area contributed by atoms with Crippen molar-refractivity contribution in [3.8, 4) is 0 Å². The Labute approximate surface area is 175 Å². The van der Waals surface area contributed by atoms with Gasteiger partial charge in [0.15, 0.2) is 5.96 Å². The molecule has 0 unspecified atom stereocenters. The Kier molecular flexibility index (Phi) is 10.6. The summed E-state index contributed by atoms with van der Waals surface area (Å²) in [6, 6.07) is 8.39. The van der Waals surface area contributed by atoms with Crippen LogP contribution in [-0.4, -0.2) is 50.0 Å². The molecule has 0 heterocycles. The van der Waals surface area contributed by atoms with E-state index in [0.717, 1.165) is 30.1 Å². The Morgan fingerprint density at radius 1 is 1.23 bits per heavy atom. The van der Waals surface area contributed by atoms with Crippen molar-refractivity contribution in [1.82, 2.24) is 15.5 Å². The van der Waals surface area contributed by atoms with Crippen molar-refractivity contribution in [2.45, 2.75) is 51.5 Å². The summed E-state index contributed by atoms with van der Waals surface area (Å²) < 4.78 is 0. The molecule has 6 heteroatoms. The number of guanidine groups is 1. The van der Waals surface area contributed by atoms with Crippen molar-refractivity contribution in [2.24, 2.45) is 4.99 Å². The quantitative estimate of drug-likeness (QED) is 0.379. The number of rotatable bonds is 6. The van der Waals surface area contributed by atoms with E-state index >= 15 is 0 Å². The van der Waals surface area contributed by atoms with E-state index in [1.165, 1.54) is 32.1 Å². The predicted molar refractivity (Wildman–Crippen MR) is 120 cm³/mol. The van der Waals surface area contributed by atoms with Crippen LogP contribution in [0.3, 0.4) is 0 Å². The molecule has 1 saturated carbocycles. The number of hydrogen-bond donors (Lipinski definition) is 2. The second kappa shape index (κ2) is 12.1. The lowest BCUT2D eigenvalue weighted by Crippen LogP contribution is -2.44. The molecule has 2 N–H and O–H groups in total. The number of hydrogen-bond acceptors (Lipinski definition) is 2. The lowest BCUT2D eigenvalue weighted by molar-refractivity contribution is 0.0827. The summed E-state index contributed by atoms with van der Waals surface area (Å²) in [5, 5.41) is 6.90. The second-order valence-electron chi connectivity index (χ2n) is 6.89. The minimum Gasteiger partial charge on any atom is -0.357 e. The minimum absolute atomic E-state index is 0. The van der Waals surface area contributed by atoms with Gasteiger partial charge in [-0.15, -0.1) is 24.0 Å². The third kappa shape index (κ3) is 7.51. The van der Waals surface area contributed by atoms with Gasteiger partial charge in [-0.25, -0.2) is 0 Å². The topological polar surface area (TPSA) is 56.7 Å². The van der Waals surface area contributed by atoms with Gasteiger partial charge in [0.25, 0.3) is 5.91 Å². The first-order valence-corrected chi connectivity index (χ1v) is 9.45. The Hall–Kier alpha value is -1.31. The summed E-state index contributed by atoms with van der Waals surface area (Å²) in [5.74, 6) is 0.951. The molecule has 26 heavy (non-hydrogen) atoms. The lowest BCUT2D eigenvalue weighted by Gasteiger charge is -2.24. The molecule has 1 aromatic rings. The molecule has 1 aliphatic carbocycles. The van der Waals surface area contributed by atoms with Crippen LogP contribution < -0.4 is 10.6 Å². The van der Waals surface area contributed by atoms with E-state index in [1.54, 1.807) is 19.0 Å². The molecule has 0 aromatic heterocycles. The summed E-state index contributed by atoms with van der Waals surface area (Å²) in [5.41, 5.74) is 1.88. The molecule has 0 atom stereocenters. The van der Waals surface area contributed by atoms with E-state index < -0.39 is 0 Å². The van der Waals surface area contributed by atoms with Crippen molar-refractivity contribution < 1.29 is 4.79 Å².